The van der Waals surface area contributed by atoms with Crippen LogP contribution in [-0.2, 0) is 0 Å². The largest absolute Gasteiger partial charge is 0.508 e. The van der Waals surface area contributed by atoms with Crippen LogP contribution in [-0.4, -0.2) is 22.0 Å². The lowest BCUT2D eigenvalue weighted by Gasteiger charge is -2.09. The number of aryl methyl sites for hydroxylation is 2. The van der Waals surface area contributed by atoms with Crippen LogP contribution in [0.5, 0.6) is 11.5 Å². The summed E-state index contributed by atoms with van der Waals surface area (Å²) in [5, 5.41) is 18.8. The van der Waals surface area contributed by atoms with Gasteiger partial charge in [-0.15, -0.1) is 0 Å². The van der Waals surface area contributed by atoms with E-state index in [1.54, 1.807) is 13.8 Å². The van der Waals surface area contributed by atoms with Crippen molar-refractivity contribution in [3.63, 3.8) is 0 Å². The second-order valence-electron chi connectivity index (χ2n) is 4.91. The fourth-order valence-corrected chi connectivity index (χ4v) is 1.85. The first-order valence-electron chi connectivity index (χ1n) is 6.58. The third-order valence-corrected chi connectivity index (χ3v) is 3.21. The molecule has 0 fully saturated rings. The van der Waals surface area contributed by atoms with Gasteiger partial charge in [-0.1, -0.05) is 0 Å². The summed E-state index contributed by atoms with van der Waals surface area (Å²) in [7, 11) is 0. The number of hydrogen-bond acceptors (Lipinski definition) is 4. The summed E-state index contributed by atoms with van der Waals surface area (Å²) < 4.78 is 0. The molecular weight excluding hydrogens is 284 g/mol. The summed E-state index contributed by atoms with van der Waals surface area (Å²) in [6.45, 7) is 3.34. The zero-order valence-electron chi connectivity index (χ0n) is 12.2. The second-order valence-corrected chi connectivity index (χ2v) is 4.91. The third kappa shape index (κ3) is 3.35. The minimum Gasteiger partial charge on any atom is -0.508 e. The van der Waals surface area contributed by atoms with Crippen LogP contribution in [0.1, 0.15) is 31.8 Å². The molecule has 0 spiro atoms. The van der Waals surface area contributed by atoms with Crippen LogP contribution in [0.4, 0.5) is 0 Å². The molecule has 0 saturated heterocycles. The van der Waals surface area contributed by atoms with E-state index in [1.165, 1.54) is 36.4 Å². The minimum absolute atomic E-state index is 0.0974. The highest BCUT2D eigenvalue weighted by Crippen LogP contribution is 2.17. The van der Waals surface area contributed by atoms with Crippen molar-refractivity contribution in [2.45, 2.75) is 13.8 Å². The molecular formula is C16H16N2O4. The molecule has 6 heteroatoms. The van der Waals surface area contributed by atoms with Crippen LogP contribution < -0.4 is 10.9 Å². The molecule has 22 heavy (non-hydrogen) atoms. The molecule has 0 saturated carbocycles. The zero-order chi connectivity index (χ0) is 16.3. The average molecular weight is 300 g/mol. The van der Waals surface area contributed by atoms with E-state index in [9.17, 15) is 19.8 Å². The lowest BCUT2D eigenvalue weighted by Crippen LogP contribution is -2.41. The summed E-state index contributed by atoms with van der Waals surface area (Å²) >= 11 is 0. The Balaban J connectivity index is 2.02. The number of hydrazine groups is 1. The van der Waals surface area contributed by atoms with Crippen molar-refractivity contribution in [1.29, 1.82) is 0 Å². The highest BCUT2D eigenvalue weighted by Gasteiger charge is 2.11. The normalized spacial score (nSPS) is 10.1. The van der Waals surface area contributed by atoms with Crippen LogP contribution in [0, 0.1) is 13.8 Å². The van der Waals surface area contributed by atoms with Gasteiger partial charge in [0.05, 0.1) is 0 Å². The molecule has 0 atom stereocenters. The first-order valence-corrected chi connectivity index (χ1v) is 6.58. The number of phenols is 2. The molecule has 4 N–H and O–H groups in total. The van der Waals surface area contributed by atoms with Crippen LogP contribution >= 0.6 is 0 Å². The Bertz CT molecular complexity index is 677. The molecule has 2 aromatic rings. The van der Waals surface area contributed by atoms with Crippen LogP contribution in [0.25, 0.3) is 0 Å². The Labute approximate surface area is 127 Å². The van der Waals surface area contributed by atoms with Crippen molar-refractivity contribution in [3.05, 3.63) is 58.7 Å². The Kier molecular flexibility index (Phi) is 4.31. The van der Waals surface area contributed by atoms with Crippen LogP contribution in [0.15, 0.2) is 36.4 Å². The molecule has 0 heterocycles. The number of nitrogens with one attached hydrogen (secondary N) is 2. The van der Waals surface area contributed by atoms with Crippen molar-refractivity contribution in [3.8, 4) is 11.5 Å². The smallest absolute Gasteiger partial charge is 0.269 e. The van der Waals surface area contributed by atoms with E-state index < -0.39 is 11.8 Å². The van der Waals surface area contributed by atoms with E-state index in [2.05, 4.69) is 10.9 Å². The summed E-state index contributed by atoms with van der Waals surface area (Å²) in [4.78, 5) is 23.8. The van der Waals surface area contributed by atoms with Crippen molar-refractivity contribution < 1.29 is 19.8 Å². The second kappa shape index (κ2) is 6.17. The third-order valence-electron chi connectivity index (χ3n) is 3.21. The van der Waals surface area contributed by atoms with Gasteiger partial charge in [-0.25, -0.2) is 0 Å². The van der Waals surface area contributed by atoms with Gasteiger partial charge in [0.25, 0.3) is 11.8 Å². The number of aromatic hydroxyl groups is 2. The van der Waals surface area contributed by atoms with E-state index in [1.807, 2.05) is 0 Å². The molecule has 0 unspecified atom stereocenters. The highest BCUT2D eigenvalue weighted by atomic mass is 16.3. The van der Waals surface area contributed by atoms with Gasteiger partial charge in [0.15, 0.2) is 0 Å². The van der Waals surface area contributed by atoms with E-state index in [0.29, 0.717) is 22.3 Å². The maximum atomic E-state index is 11.9. The fourth-order valence-electron chi connectivity index (χ4n) is 1.85. The zero-order valence-corrected chi connectivity index (χ0v) is 12.2. The molecule has 0 radical (unpaired) electrons. The van der Waals surface area contributed by atoms with E-state index in [0.717, 1.165) is 0 Å². The van der Waals surface area contributed by atoms with Gasteiger partial charge >= 0.3 is 0 Å². The average Bonchev–Trinajstić information content (AvgIpc) is 2.50. The minimum atomic E-state index is -0.494. The molecule has 2 rings (SSSR count). The molecule has 0 aliphatic heterocycles. The Hall–Kier alpha value is -3.02. The first-order chi connectivity index (χ1) is 10.4. The van der Waals surface area contributed by atoms with Crippen LogP contribution in [0.2, 0.25) is 0 Å². The van der Waals surface area contributed by atoms with Crippen molar-refractivity contribution in [2.24, 2.45) is 0 Å². The maximum absolute atomic E-state index is 11.9. The standard InChI is InChI=1S/C16H16N2O4/c1-9-7-11(3-5-13(9)19)15(21)17-18-16(22)12-4-6-14(20)10(2)8-12/h3-8,19-20H,1-2H3,(H,17,21)(H,18,22). The quantitative estimate of drug-likeness (QED) is 0.635. The first kappa shape index (κ1) is 15.4. The summed E-state index contributed by atoms with van der Waals surface area (Å²) in [5.41, 5.74) is 6.35. The lowest BCUT2D eigenvalue weighted by atomic mass is 10.1. The fraction of sp³-hybridized carbons (Fsp3) is 0.125. The predicted octanol–water partition coefficient (Wildman–Crippen LogP) is 1.79. The van der Waals surface area contributed by atoms with Crippen molar-refractivity contribution >= 4 is 11.8 Å². The lowest BCUT2D eigenvalue weighted by molar-refractivity contribution is 0.0846. The van der Waals surface area contributed by atoms with Crippen LogP contribution in [0.3, 0.4) is 0 Å². The van der Waals surface area contributed by atoms with E-state index in [4.69, 9.17) is 0 Å². The van der Waals surface area contributed by atoms with E-state index in [-0.39, 0.29) is 11.5 Å². The number of benzene rings is 2. The molecule has 114 valence electrons. The monoisotopic (exact) mass is 300 g/mol. The molecule has 2 aromatic carbocycles. The number of carbonyl (C=O) groups is 2. The number of phenolic OH excluding ortho intramolecular Hbond substituents is 2. The number of rotatable bonds is 2. The Morgan fingerprint density at radius 2 is 1.14 bits per heavy atom. The number of amides is 2. The summed E-state index contributed by atoms with van der Waals surface area (Å²) in [6.07, 6.45) is 0. The number of hydrogen-bond donors (Lipinski definition) is 4. The van der Waals surface area contributed by atoms with Gasteiger partial charge in [-0.3, -0.25) is 20.4 Å². The molecule has 6 nitrogen and oxygen atoms in total. The van der Waals surface area contributed by atoms with Gasteiger partial charge in [0, 0.05) is 11.1 Å². The molecule has 0 aliphatic rings. The van der Waals surface area contributed by atoms with Gasteiger partial charge < -0.3 is 10.2 Å². The van der Waals surface area contributed by atoms with Crippen molar-refractivity contribution in [1.82, 2.24) is 10.9 Å². The van der Waals surface area contributed by atoms with Crippen molar-refractivity contribution in [2.75, 3.05) is 0 Å². The maximum Gasteiger partial charge on any atom is 0.269 e. The topological polar surface area (TPSA) is 98.7 Å². The van der Waals surface area contributed by atoms with Gasteiger partial charge in [0.2, 0.25) is 0 Å². The van der Waals surface area contributed by atoms with E-state index >= 15 is 0 Å². The Morgan fingerprint density at radius 3 is 1.45 bits per heavy atom. The number of carbonyl (C=O) groups excluding carboxylic acids is 2. The molecule has 0 aromatic heterocycles. The molecule has 0 aliphatic carbocycles. The Morgan fingerprint density at radius 1 is 0.773 bits per heavy atom. The van der Waals surface area contributed by atoms with Gasteiger partial charge in [0.1, 0.15) is 11.5 Å². The predicted molar refractivity (Wildman–Crippen MR) is 80.6 cm³/mol. The molecule has 2 amide bonds. The molecule has 0 bridgehead atoms. The van der Waals surface area contributed by atoms with Gasteiger partial charge in [-0.05, 0) is 61.4 Å². The SMILES string of the molecule is Cc1cc(C(=O)NNC(=O)c2ccc(O)c(C)c2)ccc1O. The summed E-state index contributed by atoms with van der Waals surface area (Å²) in [5.74, 6) is -0.792. The highest BCUT2D eigenvalue weighted by molar-refractivity contribution is 5.99. The van der Waals surface area contributed by atoms with Gasteiger partial charge in [-0.2, -0.15) is 0 Å². The summed E-state index contributed by atoms with van der Waals surface area (Å²) in [6, 6.07) is 8.76.